The van der Waals surface area contributed by atoms with Gasteiger partial charge in [-0.1, -0.05) is 0 Å². The first-order chi connectivity index (χ1) is 11.0. The quantitative estimate of drug-likeness (QED) is 0.827. The molecule has 4 nitrogen and oxygen atoms in total. The lowest BCUT2D eigenvalue weighted by molar-refractivity contribution is -0.137. The molecular formula is C15H15F5N2O2. The van der Waals surface area contributed by atoms with E-state index in [4.69, 9.17) is 4.74 Å². The van der Waals surface area contributed by atoms with Crippen molar-refractivity contribution in [3.8, 4) is 0 Å². The van der Waals surface area contributed by atoms with Crippen LogP contribution in [-0.4, -0.2) is 31.1 Å². The molecule has 2 aliphatic heterocycles. The molecule has 3 rings (SSSR count). The first-order valence-corrected chi connectivity index (χ1v) is 7.37. The van der Waals surface area contributed by atoms with Crippen molar-refractivity contribution in [2.45, 2.75) is 37.6 Å². The number of hydrogen-bond donors (Lipinski definition) is 1. The summed E-state index contributed by atoms with van der Waals surface area (Å²) in [6, 6.07) is 2.59. The summed E-state index contributed by atoms with van der Waals surface area (Å²) in [4.78, 5) is 12.5. The number of alkyl halides is 5. The van der Waals surface area contributed by atoms with Gasteiger partial charge in [-0.05, 0) is 30.7 Å². The van der Waals surface area contributed by atoms with Crippen molar-refractivity contribution < 1.29 is 31.5 Å². The number of ether oxygens (including phenoxy) is 1. The molecule has 1 amide bonds. The number of amides is 1. The summed E-state index contributed by atoms with van der Waals surface area (Å²) in [6.07, 6.45) is -6.66. The zero-order valence-electron chi connectivity index (χ0n) is 12.7. The highest BCUT2D eigenvalue weighted by Crippen LogP contribution is 2.39. The molecule has 2 saturated heterocycles. The molecule has 2 aliphatic rings. The van der Waals surface area contributed by atoms with Gasteiger partial charge in [-0.2, -0.15) is 13.2 Å². The minimum Gasteiger partial charge on any atom is -0.439 e. The first-order valence-electron chi connectivity index (χ1n) is 7.37. The molecule has 9 heteroatoms. The fourth-order valence-corrected chi connectivity index (χ4v) is 2.97. The Bertz CT molecular complexity index is 662. The Morgan fingerprint density at radius 3 is 2.50 bits per heavy atom. The molecule has 0 aromatic heterocycles. The van der Waals surface area contributed by atoms with Gasteiger partial charge in [0.1, 0.15) is 6.10 Å². The van der Waals surface area contributed by atoms with E-state index in [2.05, 4.69) is 5.32 Å². The number of anilines is 1. The van der Waals surface area contributed by atoms with Gasteiger partial charge in [0, 0.05) is 18.7 Å². The highest BCUT2D eigenvalue weighted by Gasteiger charge is 2.40. The van der Waals surface area contributed by atoms with Crippen LogP contribution in [-0.2, 0) is 10.9 Å². The van der Waals surface area contributed by atoms with Gasteiger partial charge >= 0.3 is 12.3 Å². The largest absolute Gasteiger partial charge is 0.439 e. The van der Waals surface area contributed by atoms with Crippen molar-refractivity contribution in [3.63, 3.8) is 0 Å². The SMILES string of the molecule is C[C@@H]1NC(=O)O[C@@H]1c1cc(N2CCC(F)(F)C2)cc(C(F)(F)F)c1. The lowest BCUT2D eigenvalue weighted by Crippen LogP contribution is -2.26. The summed E-state index contributed by atoms with van der Waals surface area (Å²) in [7, 11) is 0. The van der Waals surface area contributed by atoms with Gasteiger partial charge in [0.05, 0.1) is 18.2 Å². The molecule has 0 spiro atoms. The highest BCUT2D eigenvalue weighted by molar-refractivity contribution is 5.70. The first kappa shape index (κ1) is 16.8. The molecule has 2 fully saturated rings. The number of cyclic esters (lactones) is 1. The van der Waals surface area contributed by atoms with E-state index in [1.165, 1.54) is 11.0 Å². The monoisotopic (exact) mass is 350 g/mol. The fourth-order valence-electron chi connectivity index (χ4n) is 2.97. The number of rotatable bonds is 2. The third-order valence-corrected chi connectivity index (χ3v) is 4.16. The maximum absolute atomic E-state index is 13.4. The average molecular weight is 350 g/mol. The molecule has 2 atom stereocenters. The molecule has 2 heterocycles. The Balaban J connectivity index is 2.00. The van der Waals surface area contributed by atoms with Gasteiger partial charge in [-0.25, -0.2) is 13.6 Å². The van der Waals surface area contributed by atoms with Crippen LogP contribution in [0.25, 0.3) is 0 Å². The number of hydrogen-bond acceptors (Lipinski definition) is 3. The van der Waals surface area contributed by atoms with Crippen molar-refractivity contribution in [2.75, 3.05) is 18.0 Å². The predicted molar refractivity (Wildman–Crippen MR) is 75.0 cm³/mol. The summed E-state index contributed by atoms with van der Waals surface area (Å²) in [6.45, 7) is 0.928. The van der Waals surface area contributed by atoms with Crippen LogP contribution in [0.15, 0.2) is 18.2 Å². The minimum absolute atomic E-state index is 0.0357. The van der Waals surface area contributed by atoms with Crippen LogP contribution in [0.2, 0.25) is 0 Å². The molecule has 0 aliphatic carbocycles. The standard InChI is InChI=1S/C15H15F5N2O2/c1-8-12(24-13(23)21-8)9-4-10(15(18,19)20)6-11(5-9)22-3-2-14(16,17)7-22/h4-6,8,12H,2-3,7H2,1H3,(H,21,23)/t8-,12-/m0/s1. The Kier molecular flexibility index (Phi) is 3.84. The second-order valence-corrected chi connectivity index (χ2v) is 6.10. The number of carbonyl (C=O) groups is 1. The Labute approximate surface area is 134 Å². The molecule has 0 unspecified atom stereocenters. The molecule has 1 aromatic rings. The lowest BCUT2D eigenvalue weighted by atomic mass is 10.00. The van der Waals surface area contributed by atoms with Crippen LogP contribution >= 0.6 is 0 Å². The third-order valence-electron chi connectivity index (χ3n) is 4.16. The molecule has 1 aromatic carbocycles. The summed E-state index contributed by atoms with van der Waals surface area (Å²) >= 11 is 0. The van der Waals surface area contributed by atoms with E-state index in [0.717, 1.165) is 12.1 Å². The number of halogens is 5. The predicted octanol–water partition coefficient (Wildman–Crippen LogP) is 3.72. The zero-order valence-corrected chi connectivity index (χ0v) is 12.7. The van der Waals surface area contributed by atoms with Crippen LogP contribution < -0.4 is 10.2 Å². The summed E-state index contributed by atoms with van der Waals surface area (Å²) in [5.41, 5.74) is -0.784. The average Bonchev–Trinajstić information content (AvgIpc) is 2.99. The van der Waals surface area contributed by atoms with Crippen molar-refractivity contribution in [3.05, 3.63) is 29.3 Å². The van der Waals surface area contributed by atoms with Crippen LogP contribution in [0, 0.1) is 0 Å². The Morgan fingerprint density at radius 2 is 2.00 bits per heavy atom. The van der Waals surface area contributed by atoms with Gasteiger partial charge in [-0.3, -0.25) is 0 Å². The van der Waals surface area contributed by atoms with Gasteiger partial charge in [0.15, 0.2) is 0 Å². The molecule has 132 valence electrons. The van der Waals surface area contributed by atoms with E-state index < -0.39 is 48.9 Å². The van der Waals surface area contributed by atoms with E-state index in [1.807, 2.05) is 0 Å². The number of benzene rings is 1. The van der Waals surface area contributed by atoms with Crippen molar-refractivity contribution in [1.82, 2.24) is 5.32 Å². The molecule has 1 N–H and O–H groups in total. The number of nitrogens with zero attached hydrogens (tertiary/aromatic N) is 1. The Hall–Kier alpha value is -2.06. The Morgan fingerprint density at radius 1 is 1.29 bits per heavy atom. The van der Waals surface area contributed by atoms with Gasteiger partial charge < -0.3 is 15.0 Å². The van der Waals surface area contributed by atoms with Gasteiger partial charge in [0.25, 0.3) is 5.92 Å². The van der Waals surface area contributed by atoms with Crippen LogP contribution in [0.4, 0.5) is 32.4 Å². The summed E-state index contributed by atoms with van der Waals surface area (Å²) in [5, 5.41) is 2.45. The second-order valence-electron chi connectivity index (χ2n) is 6.10. The van der Waals surface area contributed by atoms with Crippen LogP contribution in [0.3, 0.4) is 0 Å². The smallest absolute Gasteiger partial charge is 0.416 e. The second kappa shape index (κ2) is 5.49. The number of alkyl carbamates (subject to hydrolysis) is 1. The number of carbonyl (C=O) groups excluding carboxylic acids is 1. The van der Waals surface area contributed by atoms with Crippen molar-refractivity contribution in [1.29, 1.82) is 0 Å². The fraction of sp³-hybridized carbons (Fsp3) is 0.533. The molecule has 0 radical (unpaired) electrons. The maximum Gasteiger partial charge on any atom is 0.416 e. The third kappa shape index (κ3) is 3.25. The van der Waals surface area contributed by atoms with E-state index in [0.29, 0.717) is 0 Å². The number of nitrogens with one attached hydrogen (secondary N) is 1. The van der Waals surface area contributed by atoms with Crippen LogP contribution in [0.1, 0.15) is 30.6 Å². The van der Waals surface area contributed by atoms with Crippen LogP contribution in [0.5, 0.6) is 0 Å². The lowest BCUT2D eigenvalue weighted by Gasteiger charge is -2.23. The molecule has 24 heavy (non-hydrogen) atoms. The topological polar surface area (TPSA) is 41.6 Å². The van der Waals surface area contributed by atoms with Crippen molar-refractivity contribution in [2.24, 2.45) is 0 Å². The normalized spacial score (nSPS) is 26.4. The van der Waals surface area contributed by atoms with E-state index in [9.17, 15) is 26.7 Å². The van der Waals surface area contributed by atoms with E-state index in [1.54, 1.807) is 6.92 Å². The van der Waals surface area contributed by atoms with Gasteiger partial charge in [0.2, 0.25) is 0 Å². The summed E-state index contributed by atoms with van der Waals surface area (Å²) in [5.74, 6) is -2.93. The molecule has 0 bridgehead atoms. The van der Waals surface area contributed by atoms with Crippen molar-refractivity contribution >= 4 is 11.8 Å². The maximum atomic E-state index is 13.4. The molecular weight excluding hydrogens is 335 g/mol. The summed E-state index contributed by atoms with van der Waals surface area (Å²) < 4.78 is 71.2. The zero-order chi connectivity index (χ0) is 17.7. The van der Waals surface area contributed by atoms with E-state index in [-0.39, 0.29) is 17.8 Å². The highest BCUT2D eigenvalue weighted by atomic mass is 19.4. The minimum atomic E-state index is -4.63. The molecule has 0 saturated carbocycles. The van der Waals surface area contributed by atoms with Gasteiger partial charge in [-0.15, -0.1) is 0 Å². The van der Waals surface area contributed by atoms with E-state index >= 15 is 0 Å².